The number of carbonyl (C=O) groups is 1. The number of ether oxygens (including phenoxy) is 1. The second-order valence-electron chi connectivity index (χ2n) is 4.32. The molecule has 1 aromatic carbocycles. The number of esters is 1. The molecule has 0 aliphatic rings. The van der Waals surface area contributed by atoms with Crippen LogP contribution >= 0.6 is 0 Å². The maximum atomic E-state index is 11.4. The molecule has 0 aliphatic heterocycles. The predicted molar refractivity (Wildman–Crippen MR) is 74.6 cm³/mol. The average Bonchev–Trinajstić information content (AvgIpc) is 2.40. The zero-order chi connectivity index (χ0) is 13.1. The molecule has 0 radical (unpaired) electrons. The summed E-state index contributed by atoms with van der Waals surface area (Å²) in [5.74, 6) is -0.116. The largest absolute Gasteiger partial charge is 0.466 e. The van der Waals surface area contributed by atoms with E-state index < -0.39 is 0 Å². The van der Waals surface area contributed by atoms with Crippen molar-refractivity contribution < 1.29 is 9.53 Å². The highest BCUT2D eigenvalue weighted by Gasteiger charge is 2.01. The molecule has 1 rings (SSSR count). The first-order valence-corrected chi connectivity index (χ1v) is 6.77. The molecule has 0 fully saturated rings. The Kier molecular flexibility index (Phi) is 7.69. The summed E-state index contributed by atoms with van der Waals surface area (Å²) >= 11 is 0. The fraction of sp³-hybridized carbons (Fsp3) is 0.533. The van der Waals surface area contributed by atoms with E-state index in [2.05, 4.69) is 12.2 Å². The molecular formula is C15H23NO2. The predicted octanol–water partition coefficient (Wildman–Crippen LogP) is 3.61. The van der Waals surface area contributed by atoms with Crippen molar-refractivity contribution in [3.8, 4) is 0 Å². The maximum absolute atomic E-state index is 11.4. The van der Waals surface area contributed by atoms with Gasteiger partial charge in [0, 0.05) is 12.2 Å². The third-order valence-corrected chi connectivity index (χ3v) is 2.69. The van der Waals surface area contributed by atoms with Crippen molar-refractivity contribution in [1.29, 1.82) is 0 Å². The zero-order valence-corrected chi connectivity index (χ0v) is 11.2. The van der Waals surface area contributed by atoms with Gasteiger partial charge in [0.25, 0.3) is 0 Å². The Morgan fingerprint density at radius 2 is 1.94 bits per heavy atom. The fourth-order valence-corrected chi connectivity index (χ4v) is 1.65. The smallest absolute Gasteiger partial charge is 0.307 e. The summed E-state index contributed by atoms with van der Waals surface area (Å²) in [7, 11) is 0. The molecule has 1 N–H and O–H groups in total. The van der Waals surface area contributed by atoms with Crippen LogP contribution in [0.25, 0.3) is 0 Å². The lowest BCUT2D eigenvalue weighted by atomic mass is 10.2. The second-order valence-corrected chi connectivity index (χ2v) is 4.32. The molecular weight excluding hydrogens is 226 g/mol. The van der Waals surface area contributed by atoms with Gasteiger partial charge in [-0.15, -0.1) is 0 Å². The van der Waals surface area contributed by atoms with E-state index in [-0.39, 0.29) is 5.97 Å². The van der Waals surface area contributed by atoms with E-state index in [4.69, 9.17) is 4.74 Å². The van der Waals surface area contributed by atoms with Gasteiger partial charge in [0.2, 0.25) is 0 Å². The minimum atomic E-state index is -0.116. The van der Waals surface area contributed by atoms with E-state index in [1.165, 1.54) is 12.8 Å². The number of unbranched alkanes of at least 4 members (excludes halogenated alkanes) is 3. The fourth-order valence-electron chi connectivity index (χ4n) is 1.65. The van der Waals surface area contributed by atoms with Crippen molar-refractivity contribution in [1.82, 2.24) is 0 Å². The Bertz CT molecular complexity index is 325. The van der Waals surface area contributed by atoms with Gasteiger partial charge >= 0.3 is 5.97 Å². The van der Waals surface area contributed by atoms with Gasteiger partial charge in [-0.25, -0.2) is 0 Å². The van der Waals surface area contributed by atoms with Gasteiger partial charge in [-0.2, -0.15) is 0 Å². The Morgan fingerprint density at radius 1 is 1.17 bits per heavy atom. The minimum absolute atomic E-state index is 0.116. The highest BCUT2D eigenvalue weighted by atomic mass is 16.5. The van der Waals surface area contributed by atoms with Gasteiger partial charge < -0.3 is 10.1 Å². The number of para-hydroxylation sites is 1. The standard InChI is InChI=1S/C15H23NO2/c1-2-3-4-8-13-18-15(17)11-12-16-14-9-6-5-7-10-14/h5-7,9-10,16H,2-4,8,11-13H2,1H3. The maximum Gasteiger partial charge on any atom is 0.307 e. The highest BCUT2D eigenvalue weighted by molar-refractivity contribution is 5.70. The average molecular weight is 249 g/mol. The van der Waals surface area contributed by atoms with Gasteiger partial charge in [-0.1, -0.05) is 44.4 Å². The molecule has 18 heavy (non-hydrogen) atoms. The van der Waals surface area contributed by atoms with Crippen molar-refractivity contribution in [3.05, 3.63) is 30.3 Å². The normalized spacial score (nSPS) is 10.1. The lowest BCUT2D eigenvalue weighted by Crippen LogP contribution is -2.12. The molecule has 0 spiro atoms. The Morgan fingerprint density at radius 3 is 2.67 bits per heavy atom. The first-order valence-electron chi connectivity index (χ1n) is 6.77. The molecule has 0 saturated carbocycles. The molecule has 1 aromatic rings. The molecule has 3 nitrogen and oxygen atoms in total. The quantitative estimate of drug-likeness (QED) is 0.536. The summed E-state index contributed by atoms with van der Waals surface area (Å²) in [6.07, 6.45) is 4.96. The van der Waals surface area contributed by atoms with Crippen molar-refractivity contribution in [3.63, 3.8) is 0 Å². The van der Waals surface area contributed by atoms with Crippen LogP contribution in [0.3, 0.4) is 0 Å². The number of benzene rings is 1. The number of nitrogens with one attached hydrogen (secondary N) is 1. The molecule has 0 heterocycles. The first kappa shape index (κ1) is 14.6. The van der Waals surface area contributed by atoms with Crippen molar-refractivity contribution in [2.75, 3.05) is 18.5 Å². The number of rotatable bonds is 9. The second kappa shape index (κ2) is 9.51. The summed E-state index contributed by atoms with van der Waals surface area (Å²) in [4.78, 5) is 11.4. The Labute approximate surface area is 110 Å². The third kappa shape index (κ3) is 6.94. The molecule has 0 saturated heterocycles. The summed E-state index contributed by atoms with van der Waals surface area (Å²) < 4.78 is 5.15. The molecule has 100 valence electrons. The van der Waals surface area contributed by atoms with Crippen LogP contribution < -0.4 is 5.32 Å². The van der Waals surface area contributed by atoms with E-state index >= 15 is 0 Å². The van der Waals surface area contributed by atoms with Crippen LogP contribution in [0.4, 0.5) is 5.69 Å². The summed E-state index contributed by atoms with van der Waals surface area (Å²) in [6.45, 7) is 3.35. The van der Waals surface area contributed by atoms with Crippen LogP contribution in [0.5, 0.6) is 0 Å². The summed E-state index contributed by atoms with van der Waals surface area (Å²) in [5, 5.41) is 3.19. The number of carbonyl (C=O) groups excluding carboxylic acids is 1. The third-order valence-electron chi connectivity index (χ3n) is 2.69. The van der Waals surface area contributed by atoms with Crippen LogP contribution in [-0.2, 0) is 9.53 Å². The van der Waals surface area contributed by atoms with E-state index in [0.717, 1.165) is 18.5 Å². The molecule has 3 heteroatoms. The molecule has 0 aliphatic carbocycles. The molecule has 0 aromatic heterocycles. The van der Waals surface area contributed by atoms with Gasteiger partial charge in [0.05, 0.1) is 13.0 Å². The van der Waals surface area contributed by atoms with Gasteiger partial charge in [0.1, 0.15) is 0 Å². The minimum Gasteiger partial charge on any atom is -0.466 e. The molecule has 0 amide bonds. The first-order chi connectivity index (χ1) is 8.83. The Hall–Kier alpha value is -1.51. The van der Waals surface area contributed by atoms with Crippen LogP contribution in [0, 0.1) is 0 Å². The van der Waals surface area contributed by atoms with E-state index in [1.807, 2.05) is 30.3 Å². The lowest BCUT2D eigenvalue weighted by Gasteiger charge is -2.06. The highest BCUT2D eigenvalue weighted by Crippen LogP contribution is 2.05. The summed E-state index contributed by atoms with van der Waals surface area (Å²) in [6, 6.07) is 9.87. The van der Waals surface area contributed by atoms with Crippen molar-refractivity contribution >= 4 is 11.7 Å². The van der Waals surface area contributed by atoms with Crippen LogP contribution in [0.2, 0.25) is 0 Å². The number of hydrogen-bond acceptors (Lipinski definition) is 3. The van der Waals surface area contributed by atoms with Gasteiger partial charge in [-0.3, -0.25) is 4.79 Å². The zero-order valence-electron chi connectivity index (χ0n) is 11.2. The van der Waals surface area contributed by atoms with Crippen LogP contribution in [0.15, 0.2) is 30.3 Å². The van der Waals surface area contributed by atoms with E-state index in [1.54, 1.807) is 0 Å². The molecule has 0 atom stereocenters. The molecule has 0 unspecified atom stereocenters. The van der Waals surface area contributed by atoms with Crippen LogP contribution in [0.1, 0.15) is 39.0 Å². The SMILES string of the molecule is CCCCCCOC(=O)CCNc1ccccc1. The number of hydrogen-bond donors (Lipinski definition) is 1. The molecule has 0 bridgehead atoms. The van der Waals surface area contributed by atoms with E-state index in [9.17, 15) is 4.79 Å². The van der Waals surface area contributed by atoms with Crippen molar-refractivity contribution in [2.45, 2.75) is 39.0 Å². The van der Waals surface area contributed by atoms with Crippen LogP contribution in [-0.4, -0.2) is 19.1 Å². The van der Waals surface area contributed by atoms with Gasteiger partial charge in [0.15, 0.2) is 0 Å². The van der Waals surface area contributed by atoms with E-state index in [0.29, 0.717) is 19.6 Å². The number of anilines is 1. The Balaban J connectivity index is 2.00. The summed E-state index contributed by atoms with van der Waals surface area (Å²) in [5.41, 5.74) is 1.04. The lowest BCUT2D eigenvalue weighted by molar-refractivity contribution is -0.143. The topological polar surface area (TPSA) is 38.3 Å². The monoisotopic (exact) mass is 249 g/mol. The van der Waals surface area contributed by atoms with Crippen molar-refractivity contribution in [2.24, 2.45) is 0 Å². The van der Waals surface area contributed by atoms with Gasteiger partial charge in [-0.05, 0) is 18.6 Å².